The molecule has 0 amide bonds. The standard InChI is InChI=1S/C21H25NO5/c1-25-18-10-15-8-9-22-20(17(15)11-19(18)26-2)16(12-23)13-27-21(24)14-6-4-3-5-7-14/h3-7,10-11,16,20,22-23H,8-9,12-13H2,1-2H3/p+1/t16-,20+/m0/s1. The van der Waals surface area contributed by atoms with Crippen LogP contribution in [-0.2, 0) is 11.2 Å². The normalized spacial score (nSPS) is 16.9. The van der Waals surface area contributed by atoms with Gasteiger partial charge in [-0.1, -0.05) is 18.2 Å². The van der Waals surface area contributed by atoms with Gasteiger partial charge in [0.05, 0.1) is 38.9 Å². The second kappa shape index (κ2) is 8.88. The third-order valence-electron chi connectivity index (χ3n) is 5.02. The van der Waals surface area contributed by atoms with Crippen molar-refractivity contribution in [2.75, 3.05) is 34.0 Å². The minimum absolute atomic E-state index is 0.0119. The minimum Gasteiger partial charge on any atom is -0.493 e. The first-order valence-corrected chi connectivity index (χ1v) is 9.09. The number of benzene rings is 2. The van der Waals surface area contributed by atoms with Gasteiger partial charge in [-0.15, -0.1) is 0 Å². The van der Waals surface area contributed by atoms with Gasteiger partial charge in [-0.3, -0.25) is 0 Å². The van der Waals surface area contributed by atoms with E-state index < -0.39 is 0 Å². The Morgan fingerprint density at radius 3 is 2.56 bits per heavy atom. The van der Waals surface area contributed by atoms with E-state index >= 15 is 0 Å². The van der Waals surface area contributed by atoms with Crippen molar-refractivity contribution in [3.63, 3.8) is 0 Å². The lowest BCUT2D eigenvalue weighted by atomic mass is 9.86. The second-order valence-electron chi connectivity index (χ2n) is 6.61. The van der Waals surface area contributed by atoms with Crippen molar-refractivity contribution in [1.29, 1.82) is 0 Å². The van der Waals surface area contributed by atoms with Gasteiger partial charge in [0.1, 0.15) is 12.6 Å². The summed E-state index contributed by atoms with van der Waals surface area (Å²) in [5.74, 6) is 0.773. The van der Waals surface area contributed by atoms with E-state index in [4.69, 9.17) is 14.2 Å². The Kier molecular flexibility index (Phi) is 6.32. The molecule has 1 aliphatic heterocycles. The zero-order valence-corrected chi connectivity index (χ0v) is 15.7. The van der Waals surface area contributed by atoms with Gasteiger partial charge < -0.3 is 24.6 Å². The molecule has 2 aromatic carbocycles. The maximum Gasteiger partial charge on any atom is 0.338 e. The van der Waals surface area contributed by atoms with Crippen LogP contribution in [0.15, 0.2) is 42.5 Å². The van der Waals surface area contributed by atoms with Crippen LogP contribution in [0.25, 0.3) is 0 Å². The van der Waals surface area contributed by atoms with E-state index in [9.17, 15) is 9.90 Å². The summed E-state index contributed by atoms with van der Waals surface area (Å²) in [6, 6.07) is 12.8. The first-order chi connectivity index (χ1) is 13.2. The van der Waals surface area contributed by atoms with E-state index in [2.05, 4.69) is 5.32 Å². The van der Waals surface area contributed by atoms with E-state index in [0.717, 1.165) is 18.5 Å². The molecule has 0 saturated heterocycles. The number of hydrogen-bond donors (Lipinski definition) is 2. The number of nitrogens with two attached hydrogens (primary N) is 1. The molecule has 0 bridgehead atoms. The van der Waals surface area contributed by atoms with Gasteiger partial charge in [0.25, 0.3) is 0 Å². The third-order valence-corrected chi connectivity index (χ3v) is 5.02. The molecule has 0 aliphatic carbocycles. The lowest BCUT2D eigenvalue weighted by Crippen LogP contribution is -2.88. The summed E-state index contributed by atoms with van der Waals surface area (Å²) in [7, 11) is 3.23. The topological polar surface area (TPSA) is 81.6 Å². The lowest BCUT2D eigenvalue weighted by molar-refractivity contribution is -0.706. The number of carbonyl (C=O) groups is 1. The molecule has 1 heterocycles. The first-order valence-electron chi connectivity index (χ1n) is 9.09. The third kappa shape index (κ3) is 4.23. The van der Waals surface area contributed by atoms with Crippen LogP contribution in [0.5, 0.6) is 11.5 Å². The highest BCUT2D eigenvalue weighted by Gasteiger charge is 2.33. The predicted octanol–water partition coefficient (Wildman–Crippen LogP) is 1.33. The van der Waals surface area contributed by atoms with E-state index in [-0.39, 0.29) is 31.1 Å². The number of aliphatic hydroxyl groups excluding tert-OH is 1. The number of ether oxygens (including phenoxy) is 3. The molecular formula is C21H26NO5+. The molecular weight excluding hydrogens is 346 g/mol. The van der Waals surface area contributed by atoms with Gasteiger partial charge in [-0.25, -0.2) is 4.79 Å². The molecule has 2 atom stereocenters. The van der Waals surface area contributed by atoms with Crippen LogP contribution in [0.2, 0.25) is 0 Å². The Morgan fingerprint density at radius 1 is 1.19 bits per heavy atom. The van der Waals surface area contributed by atoms with Crippen LogP contribution in [-0.4, -0.2) is 45.1 Å². The van der Waals surface area contributed by atoms with Crippen molar-refractivity contribution in [3.05, 3.63) is 59.2 Å². The van der Waals surface area contributed by atoms with E-state index in [0.29, 0.717) is 17.1 Å². The molecule has 3 rings (SSSR count). The van der Waals surface area contributed by atoms with Gasteiger partial charge in [-0.2, -0.15) is 0 Å². The smallest absolute Gasteiger partial charge is 0.338 e. The SMILES string of the molecule is COc1cc2c(cc1OC)[C@@H]([C@@H](CO)COC(=O)c1ccccc1)[NH2+]CC2. The van der Waals surface area contributed by atoms with E-state index in [1.165, 1.54) is 5.56 Å². The quantitative estimate of drug-likeness (QED) is 0.717. The van der Waals surface area contributed by atoms with Crippen molar-refractivity contribution in [3.8, 4) is 11.5 Å². The number of fused-ring (bicyclic) bond motifs is 1. The fourth-order valence-electron chi connectivity index (χ4n) is 3.57. The molecule has 0 aromatic heterocycles. The molecule has 0 fully saturated rings. The number of methoxy groups -OCH3 is 2. The lowest BCUT2D eigenvalue weighted by Gasteiger charge is -2.30. The summed E-state index contributed by atoms with van der Waals surface area (Å²) >= 11 is 0. The summed E-state index contributed by atoms with van der Waals surface area (Å²) in [6.45, 7) is 0.979. The van der Waals surface area contributed by atoms with Crippen molar-refractivity contribution in [2.45, 2.75) is 12.5 Å². The second-order valence-corrected chi connectivity index (χ2v) is 6.61. The molecule has 27 heavy (non-hydrogen) atoms. The first kappa shape index (κ1) is 19.2. The number of quaternary nitrogens is 1. The Labute approximate surface area is 159 Å². The molecule has 0 unspecified atom stereocenters. The van der Waals surface area contributed by atoms with Crippen molar-refractivity contribution >= 4 is 5.97 Å². The fraction of sp³-hybridized carbons (Fsp3) is 0.381. The van der Waals surface area contributed by atoms with Gasteiger partial charge in [0.2, 0.25) is 0 Å². The fourth-order valence-corrected chi connectivity index (χ4v) is 3.57. The number of esters is 1. The summed E-state index contributed by atoms with van der Waals surface area (Å²) in [5.41, 5.74) is 2.77. The Balaban J connectivity index is 1.77. The zero-order chi connectivity index (χ0) is 19.2. The highest BCUT2D eigenvalue weighted by Crippen LogP contribution is 2.35. The maximum absolute atomic E-state index is 12.2. The maximum atomic E-state index is 12.2. The van der Waals surface area contributed by atoms with Crippen LogP contribution in [0.4, 0.5) is 0 Å². The number of rotatable bonds is 7. The zero-order valence-electron chi connectivity index (χ0n) is 15.7. The summed E-state index contributed by atoms with van der Waals surface area (Å²) in [6.07, 6.45) is 0.911. The minimum atomic E-state index is -0.377. The van der Waals surface area contributed by atoms with Crippen LogP contribution in [0.1, 0.15) is 27.5 Å². The van der Waals surface area contributed by atoms with E-state index in [1.807, 2.05) is 18.2 Å². The van der Waals surface area contributed by atoms with Crippen molar-refractivity contribution in [1.82, 2.24) is 0 Å². The van der Waals surface area contributed by atoms with Gasteiger partial charge in [-0.05, 0) is 29.8 Å². The van der Waals surface area contributed by atoms with Crippen molar-refractivity contribution < 1.29 is 29.4 Å². The molecule has 0 spiro atoms. The predicted molar refractivity (Wildman–Crippen MR) is 100 cm³/mol. The van der Waals surface area contributed by atoms with Crippen LogP contribution in [0, 0.1) is 5.92 Å². The number of aliphatic hydroxyl groups is 1. The highest BCUT2D eigenvalue weighted by molar-refractivity contribution is 5.89. The highest BCUT2D eigenvalue weighted by atomic mass is 16.5. The largest absolute Gasteiger partial charge is 0.493 e. The molecule has 0 radical (unpaired) electrons. The Bertz CT molecular complexity index is 778. The Hall–Kier alpha value is -2.57. The molecule has 0 saturated carbocycles. The molecule has 2 aromatic rings. The summed E-state index contributed by atoms with van der Waals surface area (Å²) in [5, 5.41) is 12.1. The monoisotopic (exact) mass is 372 g/mol. The Morgan fingerprint density at radius 2 is 1.89 bits per heavy atom. The van der Waals surface area contributed by atoms with Gasteiger partial charge in [0, 0.05) is 12.0 Å². The molecule has 6 nitrogen and oxygen atoms in total. The molecule has 6 heteroatoms. The average Bonchev–Trinajstić information content (AvgIpc) is 2.73. The van der Waals surface area contributed by atoms with Crippen molar-refractivity contribution in [2.24, 2.45) is 5.92 Å². The molecule has 1 aliphatic rings. The van der Waals surface area contributed by atoms with Crippen LogP contribution in [0.3, 0.4) is 0 Å². The summed E-state index contributed by atoms with van der Waals surface area (Å²) in [4.78, 5) is 12.2. The van der Waals surface area contributed by atoms with Crippen LogP contribution < -0.4 is 14.8 Å². The van der Waals surface area contributed by atoms with Crippen LogP contribution >= 0.6 is 0 Å². The average molecular weight is 372 g/mol. The van der Waals surface area contributed by atoms with Gasteiger partial charge in [0.15, 0.2) is 11.5 Å². The van der Waals surface area contributed by atoms with E-state index in [1.54, 1.807) is 38.5 Å². The molecule has 3 N–H and O–H groups in total. The van der Waals surface area contributed by atoms with Gasteiger partial charge >= 0.3 is 5.97 Å². The summed E-state index contributed by atoms with van der Waals surface area (Å²) < 4.78 is 16.3. The number of carbonyl (C=O) groups excluding carboxylic acids is 1. The molecule has 144 valence electrons. The number of hydrogen-bond acceptors (Lipinski definition) is 5.